The number of fused-ring (bicyclic) bond motifs is 1. The zero-order valence-corrected chi connectivity index (χ0v) is 19.3. The minimum absolute atomic E-state index is 0.102. The molecule has 2 aromatic carbocycles. The number of alkyl halides is 2. The van der Waals surface area contributed by atoms with Crippen molar-refractivity contribution in [1.82, 2.24) is 9.97 Å². The molecule has 34 heavy (non-hydrogen) atoms. The average molecular weight is 506 g/mol. The van der Waals surface area contributed by atoms with Crippen LogP contribution in [0.5, 0.6) is 5.88 Å². The Morgan fingerprint density at radius 2 is 1.71 bits per heavy atom. The van der Waals surface area contributed by atoms with Crippen LogP contribution in [0, 0.1) is 0 Å². The van der Waals surface area contributed by atoms with E-state index in [1.807, 2.05) is 29.2 Å². The molecular formula is C23H19Cl2F2N5O2. The Labute approximate surface area is 204 Å². The Balaban J connectivity index is 1.29. The summed E-state index contributed by atoms with van der Waals surface area (Å²) in [6, 6.07) is 12.3. The van der Waals surface area contributed by atoms with Gasteiger partial charge in [-0.2, -0.15) is 4.98 Å². The summed E-state index contributed by atoms with van der Waals surface area (Å²) in [7, 11) is 0. The molecule has 0 aliphatic carbocycles. The van der Waals surface area contributed by atoms with Crippen molar-refractivity contribution in [3.8, 4) is 5.88 Å². The molecule has 1 fully saturated rings. The number of hydrogen-bond donors (Lipinski definition) is 1. The van der Waals surface area contributed by atoms with E-state index in [1.165, 1.54) is 11.1 Å². The summed E-state index contributed by atoms with van der Waals surface area (Å²) in [6.45, 7) is 0.528. The maximum absolute atomic E-state index is 13.4. The van der Waals surface area contributed by atoms with Crippen molar-refractivity contribution in [2.75, 3.05) is 34.9 Å². The topological polar surface area (TPSA) is 70.6 Å². The van der Waals surface area contributed by atoms with Crippen LogP contribution >= 0.6 is 23.2 Å². The Hall–Kier alpha value is -3.17. The lowest BCUT2D eigenvalue weighted by Crippen LogP contribution is -2.39. The van der Waals surface area contributed by atoms with Gasteiger partial charge >= 0.3 is 0 Å². The van der Waals surface area contributed by atoms with Gasteiger partial charge in [-0.15, -0.1) is 0 Å². The second-order valence-electron chi connectivity index (χ2n) is 8.00. The first-order valence-corrected chi connectivity index (χ1v) is 11.3. The van der Waals surface area contributed by atoms with E-state index in [0.29, 0.717) is 34.5 Å². The molecule has 3 aromatic rings. The third kappa shape index (κ3) is 4.45. The zero-order chi connectivity index (χ0) is 23.9. The van der Waals surface area contributed by atoms with Gasteiger partial charge < -0.3 is 15.0 Å². The zero-order valence-electron chi connectivity index (χ0n) is 17.8. The molecule has 3 heterocycles. The number of nitrogens with one attached hydrogen (secondary N) is 1. The summed E-state index contributed by atoms with van der Waals surface area (Å²) >= 11 is 12.5. The second kappa shape index (κ2) is 8.88. The van der Waals surface area contributed by atoms with Crippen LogP contribution in [0.4, 0.5) is 31.8 Å². The number of rotatable bonds is 4. The average Bonchev–Trinajstić information content (AvgIpc) is 2.81. The van der Waals surface area contributed by atoms with E-state index in [4.69, 9.17) is 27.9 Å². The number of benzene rings is 2. The van der Waals surface area contributed by atoms with E-state index < -0.39 is 5.92 Å². The molecule has 1 N–H and O–H groups in total. The maximum Gasteiger partial charge on any atom is 0.268 e. The third-order valence-corrected chi connectivity index (χ3v) is 6.36. The molecule has 5 rings (SSSR count). The molecule has 2 aliphatic heterocycles. The van der Waals surface area contributed by atoms with Gasteiger partial charge in [-0.05, 0) is 36.4 Å². The molecule has 0 saturated carbocycles. The largest absolute Gasteiger partial charge is 0.455 e. The first kappa shape index (κ1) is 22.6. The fourth-order valence-electron chi connectivity index (χ4n) is 3.90. The number of amides is 1. The number of hydrogen-bond acceptors (Lipinski definition) is 6. The predicted molar refractivity (Wildman–Crippen MR) is 127 cm³/mol. The van der Waals surface area contributed by atoms with Gasteiger partial charge in [-0.25, -0.2) is 13.8 Å². The monoisotopic (exact) mass is 505 g/mol. The Morgan fingerprint density at radius 3 is 2.38 bits per heavy atom. The third-order valence-electron chi connectivity index (χ3n) is 5.75. The van der Waals surface area contributed by atoms with Crippen LogP contribution in [0.1, 0.15) is 23.2 Å². The van der Waals surface area contributed by atoms with Gasteiger partial charge in [-0.3, -0.25) is 9.69 Å². The van der Waals surface area contributed by atoms with Gasteiger partial charge in [0.15, 0.2) is 6.73 Å². The van der Waals surface area contributed by atoms with Crippen LogP contribution in [0.15, 0.2) is 48.7 Å². The molecule has 7 nitrogen and oxygen atoms in total. The summed E-state index contributed by atoms with van der Waals surface area (Å²) < 4.78 is 32.5. The van der Waals surface area contributed by atoms with Crippen molar-refractivity contribution in [2.24, 2.45) is 0 Å². The number of para-hydroxylation sites is 1. The van der Waals surface area contributed by atoms with Gasteiger partial charge in [-0.1, -0.05) is 29.3 Å². The van der Waals surface area contributed by atoms with Crippen LogP contribution in [-0.2, 0) is 0 Å². The number of aromatic nitrogens is 2. The van der Waals surface area contributed by atoms with Gasteiger partial charge in [0.2, 0.25) is 11.8 Å². The van der Waals surface area contributed by atoms with E-state index >= 15 is 0 Å². The summed E-state index contributed by atoms with van der Waals surface area (Å²) in [5.41, 5.74) is 2.13. The van der Waals surface area contributed by atoms with Crippen molar-refractivity contribution in [1.29, 1.82) is 0 Å². The summed E-state index contributed by atoms with van der Waals surface area (Å²) in [5, 5.41) is 3.72. The number of anilines is 4. The molecule has 0 unspecified atom stereocenters. The molecule has 2 aliphatic rings. The standard InChI is InChI=1S/C23H19Cl2F2N5O2/c24-17-2-1-3-18(25)19(17)32-13-34-20-16(21(32)33)12-28-22(30-20)29-14-4-6-15(7-5-14)31-10-8-23(26,27)9-11-31/h1-7,12H,8-11,13H2,(H,28,29,30). The SMILES string of the molecule is O=C1c2cnc(Nc3ccc(N4CCC(F)(F)CC4)cc3)nc2OCN1c1c(Cl)cccc1Cl. The molecular weight excluding hydrogens is 487 g/mol. The van der Waals surface area contributed by atoms with E-state index in [-0.39, 0.29) is 42.9 Å². The summed E-state index contributed by atoms with van der Waals surface area (Å²) in [4.78, 5) is 24.8. The smallest absolute Gasteiger partial charge is 0.268 e. The van der Waals surface area contributed by atoms with Crippen LogP contribution in [0.3, 0.4) is 0 Å². The molecule has 176 valence electrons. The van der Waals surface area contributed by atoms with Crippen molar-refractivity contribution >= 4 is 52.1 Å². The molecule has 0 spiro atoms. The van der Waals surface area contributed by atoms with E-state index in [0.717, 1.165) is 5.69 Å². The summed E-state index contributed by atoms with van der Waals surface area (Å²) in [6.07, 6.45) is 1.09. The van der Waals surface area contributed by atoms with Crippen molar-refractivity contribution in [2.45, 2.75) is 18.8 Å². The second-order valence-corrected chi connectivity index (χ2v) is 8.82. The van der Waals surface area contributed by atoms with Crippen LogP contribution < -0.4 is 19.9 Å². The van der Waals surface area contributed by atoms with Crippen LogP contribution in [0.25, 0.3) is 0 Å². The van der Waals surface area contributed by atoms with Gasteiger partial charge in [0.25, 0.3) is 11.8 Å². The number of ether oxygens (including phenoxy) is 1. The Kier molecular flexibility index (Phi) is 5.91. The molecule has 1 aromatic heterocycles. The lowest BCUT2D eigenvalue weighted by atomic mass is 10.1. The van der Waals surface area contributed by atoms with Gasteiger partial charge in [0.1, 0.15) is 5.56 Å². The van der Waals surface area contributed by atoms with Crippen molar-refractivity contribution in [3.05, 3.63) is 64.3 Å². The minimum Gasteiger partial charge on any atom is -0.455 e. The number of carbonyl (C=O) groups is 1. The molecule has 1 amide bonds. The fourth-order valence-corrected chi connectivity index (χ4v) is 4.50. The number of carbonyl (C=O) groups excluding carboxylic acids is 1. The molecule has 0 bridgehead atoms. The lowest BCUT2D eigenvalue weighted by Gasteiger charge is -2.33. The molecule has 0 radical (unpaired) electrons. The van der Waals surface area contributed by atoms with Crippen LogP contribution in [0.2, 0.25) is 10.0 Å². The number of halogens is 4. The lowest BCUT2D eigenvalue weighted by molar-refractivity contribution is -0.0220. The van der Waals surface area contributed by atoms with Gasteiger partial charge in [0.05, 0.1) is 15.7 Å². The fraction of sp³-hybridized carbons (Fsp3) is 0.261. The van der Waals surface area contributed by atoms with E-state index in [2.05, 4.69) is 15.3 Å². The van der Waals surface area contributed by atoms with E-state index in [1.54, 1.807) is 18.2 Å². The molecule has 0 atom stereocenters. The highest BCUT2D eigenvalue weighted by Gasteiger charge is 2.34. The highest BCUT2D eigenvalue weighted by atomic mass is 35.5. The Morgan fingerprint density at radius 1 is 1.03 bits per heavy atom. The van der Waals surface area contributed by atoms with E-state index in [9.17, 15) is 13.6 Å². The molecule has 11 heteroatoms. The summed E-state index contributed by atoms with van der Waals surface area (Å²) in [5.74, 6) is -2.56. The maximum atomic E-state index is 13.4. The highest BCUT2D eigenvalue weighted by Crippen LogP contribution is 2.37. The highest BCUT2D eigenvalue weighted by molar-refractivity contribution is 6.40. The van der Waals surface area contributed by atoms with Gasteiger partial charge in [0, 0.05) is 43.5 Å². The van der Waals surface area contributed by atoms with Crippen LogP contribution in [-0.4, -0.2) is 41.6 Å². The predicted octanol–water partition coefficient (Wildman–Crippen LogP) is 5.76. The van der Waals surface area contributed by atoms with Crippen molar-refractivity contribution in [3.63, 3.8) is 0 Å². The molecule has 1 saturated heterocycles. The normalized spacial score (nSPS) is 17.2. The first-order chi connectivity index (χ1) is 16.3. The first-order valence-electron chi connectivity index (χ1n) is 10.6. The Bertz CT molecular complexity index is 1210. The quantitative estimate of drug-likeness (QED) is 0.486. The van der Waals surface area contributed by atoms with Crippen molar-refractivity contribution < 1.29 is 18.3 Å². The minimum atomic E-state index is -2.58. The number of piperidine rings is 1. The number of nitrogens with zero attached hydrogens (tertiary/aromatic N) is 4.